The minimum atomic E-state index is -0.694. The number of benzene rings is 4. The highest BCUT2D eigenvalue weighted by molar-refractivity contribution is 7.07. The number of hydrogen-bond donors (Lipinski definition) is 0. The normalized spacial score (nSPS) is 14.9. The van der Waals surface area contributed by atoms with Crippen molar-refractivity contribution in [3.05, 3.63) is 144 Å². The van der Waals surface area contributed by atoms with Gasteiger partial charge in [-0.25, -0.2) is 9.79 Å². The van der Waals surface area contributed by atoms with Crippen molar-refractivity contribution in [2.75, 3.05) is 6.61 Å². The van der Waals surface area contributed by atoms with Gasteiger partial charge < -0.3 is 9.47 Å². The third kappa shape index (κ3) is 5.17. The first-order chi connectivity index (χ1) is 20.5. The Balaban J connectivity index is 1.49. The monoisotopic (exact) mass is 594 g/mol. The van der Waals surface area contributed by atoms with Crippen LogP contribution < -0.4 is 19.6 Å². The molecule has 0 spiro atoms. The Bertz CT molecular complexity index is 2040. The molecule has 4 aromatic carbocycles. The number of esters is 1. The third-order valence-corrected chi connectivity index (χ3v) is 8.53. The van der Waals surface area contributed by atoms with E-state index in [1.54, 1.807) is 18.4 Å². The van der Waals surface area contributed by atoms with Gasteiger partial charge in [0.15, 0.2) is 4.80 Å². The zero-order valence-corrected chi connectivity index (χ0v) is 24.6. The molecule has 0 bridgehead atoms. The van der Waals surface area contributed by atoms with Gasteiger partial charge in [0.05, 0.1) is 28.5 Å². The molecular formula is C34H27ClN2O4S. The summed E-state index contributed by atoms with van der Waals surface area (Å²) >= 11 is 7.61. The van der Waals surface area contributed by atoms with Gasteiger partial charge in [-0.2, -0.15) is 0 Å². The summed E-state index contributed by atoms with van der Waals surface area (Å²) in [5.74, 6) is 0.140. The maximum atomic E-state index is 14.2. The number of para-hydroxylation sites is 1. The van der Waals surface area contributed by atoms with Gasteiger partial charge in [-0.3, -0.25) is 9.36 Å². The highest BCUT2D eigenvalue weighted by Crippen LogP contribution is 2.35. The quantitative estimate of drug-likeness (QED) is 0.211. The molecule has 0 unspecified atom stereocenters. The Hall–Kier alpha value is -4.46. The van der Waals surface area contributed by atoms with Crippen molar-refractivity contribution in [1.82, 2.24) is 4.57 Å². The second-order valence-electron chi connectivity index (χ2n) is 9.79. The molecule has 0 amide bonds. The van der Waals surface area contributed by atoms with E-state index < -0.39 is 12.0 Å². The number of aromatic nitrogens is 1. The molecule has 0 N–H and O–H groups in total. The molecule has 6 nitrogen and oxygen atoms in total. The summed E-state index contributed by atoms with van der Waals surface area (Å²) in [5, 5.41) is 2.60. The molecule has 0 radical (unpaired) electrons. The number of allylic oxidation sites excluding steroid dienone is 1. The number of halogens is 1. The number of thiazole rings is 1. The van der Waals surface area contributed by atoms with E-state index in [9.17, 15) is 9.59 Å². The van der Waals surface area contributed by atoms with Gasteiger partial charge >= 0.3 is 5.97 Å². The lowest BCUT2D eigenvalue weighted by atomic mass is 9.91. The predicted molar refractivity (Wildman–Crippen MR) is 167 cm³/mol. The minimum Gasteiger partial charge on any atom is -0.488 e. The molecular weight excluding hydrogens is 568 g/mol. The average Bonchev–Trinajstić information content (AvgIpc) is 3.30. The number of ether oxygens (including phenoxy) is 2. The lowest BCUT2D eigenvalue weighted by molar-refractivity contribution is -0.139. The Kier molecular flexibility index (Phi) is 7.78. The Morgan fingerprint density at radius 2 is 1.74 bits per heavy atom. The van der Waals surface area contributed by atoms with Crippen LogP contribution in [0.3, 0.4) is 0 Å². The second-order valence-corrected chi connectivity index (χ2v) is 11.2. The molecule has 42 heavy (non-hydrogen) atoms. The van der Waals surface area contributed by atoms with Gasteiger partial charge in [-0.1, -0.05) is 102 Å². The zero-order valence-electron chi connectivity index (χ0n) is 23.0. The van der Waals surface area contributed by atoms with E-state index in [0.29, 0.717) is 31.4 Å². The molecule has 5 aromatic rings. The van der Waals surface area contributed by atoms with E-state index in [0.717, 1.165) is 27.5 Å². The molecule has 0 fully saturated rings. The summed E-state index contributed by atoms with van der Waals surface area (Å²) in [6.45, 7) is 4.06. The molecule has 8 heteroatoms. The molecule has 1 atom stereocenters. The topological polar surface area (TPSA) is 69.9 Å². The van der Waals surface area contributed by atoms with E-state index in [1.807, 2.05) is 97.1 Å². The van der Waals surface area contributed by atoms with Gasteiger partial charge in [0.2, 0.25) is 0 Å². The number of nitrogens with zero attached hydrogens (tertiary/aromatic N) is 2. The molecule has 210 valence electrons. The van der Waals surface area contributed by atoms with Crippen LogP contribution in [0.2, 0.25) is 5.02 Å². The number of carbonyl (C=O) groups excluding carboxylic acids is 1. The maximum absolute atomic E-state index is 14.2. The first-order valence-corrected chi connectivity index (χ1v) is 14.8. The Morgan fingerprint density at radius 3 is 2.57 bits per heavy atom. The summed E-state index contributed by atoms with van der Waals surface area (Å²) in [5.41, 5.74) is 3.09. The molecule has 0 saturated carbocycles. The van der Waals surface area contributed by atoms with Crippen LogP contribution in [-0.2, 0) is 16.1 Å². The van der Waals surface area contributed by atoms with Crippen molar-refractivity contribution in [1.29, 1.82) is 0 Å². The summed E-state index contributed by atoms with van der Waals surface area (Å²) in [6.07, 6.45) is 1.81. The van der Waals surface area contributed by atoms with Crippen molar-refractivity contribution in [3.63, 3.8) is 0 Å². The standard InChI is InChI=1S/C34H27ClN2O4S/c1-3-40-33(39)30-21(2)36-34-37(31(30)26-16-10-14-22-11-4-7-15-25(22)26)32(38)29(42-34)19-23-12-6-9-18-28(23)41-20-24-13-5-8-17-27(24)35/h4-19,31H,3,20H2,1-2H3/b29-19+/t31-/m1/s1. The van der Waals surface area contributed by atoms with Crippen molar-refractivity contribution in [3.8, 4) is 5.75 Å². The molecule has 1 aliphatic heterocycles. The van der Waals surface area contributed by atoms with E-state index >= 15 is 0 Å². The summed E-state index contributed by atoms with van der Waals surface area (Å²) in [6, 6.07) is 28.2. The lowest BCUT2D eigenvalue weighted by Crippen LogP contribution is -2.40. The molecule has 2 heterocycles. The van der Waals surface area contributed by atoms with Crippen LogP contribution in [0.5, 0.6) is 5.75 Å². The number of hydrogen-bond acceptors (Lipinski definition) is 6. The Morgan fingerprint density at radius 1 is 1.00 bits per heavy atom. The third-order valence-electron chi connectivity index (χ3n) is 7.18. The molecule has 0 aliphatic carbocycles. The van der Waals surface area contributed by atoms with Gasteiger partial charge in [-0.15, -0.1) is 0 Å². The van der Waals surface area contributed by atoms with Crippen molar-refractivity contribution in [2.24, 2.45) is 4.99 Å². The molecule has 1 aliphatic rings. The SMILES string of the molecule is CCOC(=O)C1=C(C)N=c2s/c(=C/c3ccccc3OCc3ccccc3Cl)c(=O)n2[C@@H]1c1cccc2ccccc12. The predicted octanol–water partition coefficient (Wildman–Crippen LogP) is 6.18. The average molecular weight is 595 g/mol. The number of rotatable bonds is 7. The van der Waals surface area contributed by atoms with E-state index in [4.69, 9.17) is 26.1 Å². The summed E-state index contributed by atoms with van der Waals surface area (Å²) < 4.78 is 13.7. The van der Waals surface area contributed by atoms with Gasteiger partial charge in [0.25, 0.3) is 5.56 Å². The van der Waals surface area contributed by atoms with E-state index in [-0.39, 0.29) is 18.8 Å². The van der Waals surface area contributed by atoms with E-state index in [2.05, 4.69) is 0 Å². The Labute approximate surface area is 251 Å². The van der Waals surface area contributed by atoms with Crippen LogP contribution in [0.15, 0.2) is 112 Å². The molecule has 0 saturated heterocycles. The van der Waals surface area contributed by atoms with Crippen molar-refractivity contribution >= 4 is 45.8 Å². The van der Waals surface area contributed by atoms with Gasteiger partial charge in [0, 0.05) is 16.1 Å². The number of carbonyl (C=O) groups is 1. The number of fused-ring (bicyclic) bond motifs is 2. The lowest BCUT2D eigenvalue weighted by Gasteiger charge is -2.25. The highest BCUT2D eigenvalue weighted by atomic mass is 35.5. The van der Waals surface area contributed by atoms with Gasteiger partial charge in [-0.05, 0) is 48.4 Å². The van der Waals surface area contributed by atoms with Crippen LogP contribution in [0.4, 0.5) is 0 Å². The second kappa shape index (κ2) is 11.8. The van der Waals surface area contributed by atoms with Gasteiger partial charge in [0.1, 0.15) is 12.4 Å². The zero-order chi connectivity index (χ0) is 29.2. The van der Waals surface area contributed by atoms with Crippen LogP contribution in [0, 0.1) is 0 Å². The first kappa shape index (κ1) is 27.7. The van der Waals surface area contributed by atoms with Crippen LogP contribution >= 0.6 is 22.9 Å². The molecule has 6 rings (SSSR count). The largest absolute Gasteiger partial charge is 0.488 e. The first-order valence-electron chi connectivity index (χ1n) is 13.6. The minimum absolute atomic E-state index is 0.216. The fraction of sp³-hybridized carbons (Fsp3) is 0.147. The fourth-order valence-electron chi connectivity index (χ4n) is 5.22. The fourth-order valence-corrected chi connectivity index (χ4v) is 6.45. The van der Waals surface area contributed by atoms with Crippen molar-refractivity contribution < 1.29 is 14.3 Å². The summed E-state index contributed by atoms with van der Waals surface area (Å²) in [7, 11) is 0. The summed E-state index contributed by atoms with van der Waals surface area (Å²) in [4.78, 5) is 32.7. The van der Waals surface area contributed by atoms with Crippen LogP contribution in [-0.4, -0.2) is 17.1 Å². The maximum Gasteiger partial charge on any atom is 0.338 e. The van der Waals surface area contributed by atoms with Crippen LogP contribution in [0.25, 0.3) is 16.8 Å². The smallest absolute Gasteiger partial charge is 0.338 e. The van der Waals surface area contributed by atoms with E-state index in [1.165, 1.54) is 11.3 Å². The molecule has 1 aromatic heterocycles. The highest BCUT2D eigenvalue weighted by Gasteiger charge is 2.34. The van der Waals surface area contributed by atoms with Crippen molar-refractivity contribution in [2.45, 2.75) is 26.5 Å². The van der Waals surface area contributed by atoms with Crippen LogP contribution in [0.1, 0.15) is 36.6 Å².